The minimum atomic E-state index is -0.473. The highest BCUT2D eigenvalue weighted by Gasteiger charge is 2.09. The average Bonchev–Trinajstić information content (AvgIpc) is 2.62. The van der Waals surface area contributed by atoms with Gasteiger partial charge in [0.2, 0.25) is 0 Å². The van der Waals surface area contributed by atoms with Gasteiger partial charge in [0.25, 0.3) is 5.69 Å². The van der Waals surface area contributed by atoms with E-state index in [1.807, 2.05) is 26.0 Å². The number of hydrogen-bond donors (Lipinski definition) is 0. The van der Waals surface area contributed by atoms with Crippen LogP contribution in [0.15, 0.2) is 42.5 Å². The Balaban J connectivity index is 2.41. The second-order valence-electron chi connectivity index (χ2n) is 5.04. The van der Waals surface area contributed by atoms with Gasteiger partial charge < -0.3 is 9.47 Å². The molecule has 0 amide bonds. The molecule has 0 spiro atoms. The summed E-state index contributed by atoms with van der Waals surface area (Å²) >= 11 is 0. The maximum absolute atomic E-state index is 10.7. The Labute approximate surface area is 146 Å². The number of benzene rings is 2. The van der Waals surface area contributed by atoms with E-state index in [9.17, 15) is 15.4 Å². The van der Waals surface area contributed by atoms with E-state index >= 15 is 0 Å². The molecule has 0 radical (unpaired) electrons. The largest absolute Gasteiger partial charge is 0.494 e. The first-order valence-corrected chi connectivity index (χ1v) is 7.85. The second kappa shape index (κ2) is 8.50. The van der Waals surface area contributed by atoms with Crippen LogP contribution < -0.4 is 9.47 Å². The molecule has 0 saturated carbocycles. The molecule has 0 aliphatic carbocycles. The highest BCUT2D eigenvalue weighted by atomic mass is 16.6. The van der Waals surface area contributed by atoms with Gasteiger partial charge in [0.15, 0.2) is 0 Å². The molecule has 0 unspecified atom stereocenters. The predicted octanol–water partition coefficient (Wildman–Crippen LogP) is 4.46. The lowest BCUT2D eigenvalue weighted by Crippen LogP contribution is -1.97. The number of nitro benzene ring substituents is 1. The first-order chi connectivity index (χ1) is 12.1. The lowest BCUT2D eigenvalue weighted by molar-refractivity contribution is -0.384. The zero-order valence-corrected chi connectivity index (χ0v) is 14.1. The lowest BCUT2D eigenvalue weighted by atomic mass is 10.0. The van der Waals surface area contributed by atoms with Crippen LogP contribution in [-0.2, 0) is 0 Å². The van der Waals surface area contributed by atoms with Crippen LogP contribution in [0.4, 0.5) is 5.69 Å². The van der Waals surface area contributed by atoms with Crippen molar-refractivity contribution in [2.75, 3.05) is 13.2 Å². The first kappa shape index (κ1) is 18.0. The summed E-state index contributed by atoms with van der Waals surface area (Å²) in [4.78, 5) is 10.3. The molecule has 6 heteroatoms. The highest BCUT2D eigenvalue weighted by molar-refractivity contribution is 5.90. The molecule has 0 heterocycles. The summed E-state index contributed by atoms with van der Waals surface area (Å²) in [6, 6.07) is 13.4. The van der Waals surface area contributed by atoms with Crippen molar-refractivity contribution in [1.82, 2.24) is 0 Å². The van der Waals surface area contributed by atoms with E-state index in [1.165, 1.54) is 12.1 Å². The fraction of sp³-hybridized carbons (Fsp3) is 0.211. The van der Waals surface area contributed by atoms with Gasteiger partial charge >= 0.3 is 0 Å². The van der Waals surface area contributed by atoms with E-state index in [1.54, 1.807) is 24.3 Å². The van der Waals surface area contributed by atoms with E-state index < -0.39 is 4.92 Å². The van der Waals surface area contributed by atoms with Crippen LogP contribution in [-0.4, -0.2) is 18.1 Å². The maximum atomic E-state index is 10.7. The summed E-state index contributed by atoms with van der Waals surface area (Å²) in [7, 11) is 0. The Morgan fingerprint density at radius 3 is 2.40 bits per heavy atom. The molecule has 0 N–H and O–H groups in total. The monoisotopic (exact) mass is 338 g/mol. The van der Waals surface area contributed by atoms with Crippen LogP contribution in [0.1, 0.15) is 25.0 Å². The molecule has 2 rings (SSSR count). The fourth-order valence-corrected chi connectivity index (χ4v) is 2.27. The van der Waals surface area contributed by atoms with Crippen molar-refractivity contribution in [2.45, 2.75) is 13.8 Å². The van der Waals surface area contributed by atoms with Crippen molar-refractivity contribution in [3.63, 3.8) is 0 Å². The van der Waals surface area contributed by atoms with E-state index in [0.29, 0.717) is 35.8 Å². The fourth-order valence-electron chi connectivity index (χ4n) is 2.27. The van der Waals surface area contributed by atoms with Crippen molar-refractivity contribution in [2.24, 2.45) is 0 Å². The molecular weight excluding hydrogens is 320 g/mol. The molecule has 2 aromatic carbocycles. The molecule has 0 saturated heterocycles. The number of nitriles is 1. The van der Waals surface area contributed by atoms with Crippen molar-refractivity contribution in [1.29, 1.82) is 5.26 Å². The first-order valence-electron chi connectivity index (χ1n) is 7.85. The topological polar surface area (TPSA) is 85.4 Å². The van der Waals surface area contributed by atoms with Crippen molar-refractivity contribution < 1.29 is 14.4 Å². The van der Waals surface area contributed by atoms with E-state index in [-0.39, 0.29) is 5.69 Å². The highest BCUT2D eigenvalue weighted by Crippen LogP contribution is 2.29. The van der Waals surface area contributed by atoms with Gasteiger partial charge in [0, 0.05) is 23.8 Å². The molecule has 0 atom stereocenters. The van der Waals surface area contributed by atoms with Crippen molar-refractivity contribution in [3.05, 3.63) is 63.7 Å². The van der Waals surface area contributed by atoms with Gasteiger partial charge in [-0.2, -0.15) is 5.26 Å². The molecule has 2 aromatic rings. The van der Waals surface area contributed by atoms with Gasteiger partial charge in [-0.15, -0.1) is 0 Å². The average molecular weight is 338 g/mol. The van der Waals surface area contributed by atoms with Gasteiger partial charge in [-0.25, -0.2) is 0 Å². The van der Waals surface area contributed by atoms with Crippen molar-refractivity contribution >= 4 is 17.3 Å². The van der Waals surface area contributed by atoms with Crippen LogP contribution in [0.25, 0.3) is 11.6 Å². The number of ether oxygens (including phenoxy) is 2. The quantitative estimate of drug-likeness (QED) is 0.322. The molecule has 25 heavy (non-hydrogen) atoms. The molecule has 128 valence electrons. The minimum absolute atomic E-state index is 0.0166. The SMILES string of the molecule is CCOc1ccc(C=C(C#N)c2ccc([N+](=O)[O-])cc2)c(OCC)c1. The number of nitro groups is 1. The molecule has 0 aromatic heterocycles. The third-order valence-corrected chi connectivity index (χ3v) is 3.41. The van der Waals surface area contributed by atoms with Gasteiger partial charge in [-0.05, 0) is 49.8 Å². The van der Waals surface area contributed by atoms with Crippen LogP contribution in [0.2, 0.25) is 0 Å². The van der Waals surface area contributed by atoms with E-state index in [0.717, 1.165) is 5.56 Å². The Morgan fingerprint density at radius 2 is 1.84 bits per heavy atom. The Kier molecular flexibility index (Phi) is 6.13. The maximum Gasteiger partial charge on any atom is 0.269 e. The van der Waals surface area contributed by atoms with Crippen LogP contribution in [0.3, 0.4) is 0 Å². The standard InChI is InChI=1S/C19H18N2O4/c1-3-24-18-10-7-15(19(12-18)25-4-2)11-16(13-20)14-5-8-17(9-6-14)21(22)23/h5-12H,3-4H2,1-2H3. The summed E-state index contributed by atoms with van der Waals surface area (Å²) in [6.07, 6.45) is 1.70. The number of allylic oxidation sites excluding steroid dienone is 1. The van der Waals surface area contributed by atoms with Gasteiger partial charge in [0.1, 0.15) is 11.5 Å². The Bertz CT molecular complexity index is 820. The third kappa shape index (κ3) is 4.58. The summed E-state index contributed by atoms with van der Waals surface area (Å²) in [5.41, 5.74) is 1.71. The molecule has 0 aliphatic heterocycles. The van der Waals surface area contributed by atoms with Gasteiger partial charge in [-0.3, -0.25) is 10.1 Å². The molecule has 0 fully saturated rings. The molecule has 0 aliphatic rings. The third-order valence-electron chi connectivity index (χ3n) is 3.41. The summed E-state index contributed by atoms with van der Waals surface area (Å²) in [5.74, 6) is 1.31. The predicted molar refractivity (Wildman–Crippen MR) is 95.4 cm³/mol. The smallest absolute Gasteiger partial charge is 0.269 e. The molecule has 6 nitrogen and oxygen atoms in total. The van der Waals surface area contributed by atoms with Crippen LogP contribution in [0.5, 0.6) is 11.5 Å². The van der Waals surface area contributed by atoms with E-state index in [2.05, 4.69) is 6.07 Å². The van der Waals surface area contributed by atoms with E-state index in [4.69, 9.17) is 9.47 Å². The number of non-ortho nitro benzene ring substituents is 1. The normalized spacial score (nSPS) is 10.8. The zero-order valence-electron chi connectivity index (χ0n) is 14.1. The number of hydrogen-bond acceptors (Lipinski definition) is 5. The molecule has 0 bridgehead atoms. The lowest BCUT2D eigenvalue weighted by Gasteiger charge is -2.11. The summed E-state index contributed by atoms with van der Waals surface area (Å²) in [6.45, 7) is 4.81. The zero-order chi connectivity index (χ0) is 18.2. The second-order valence-corrected chi connectivity index (χ2v) is 5.04. The molecular formula is C19H18N2O4. The Morgan fingerprint density at radius 1 is 1.16 bits per heavy atom. The van der Waals surface area contributed by atoms with Gasteiger partial charge in [-0.1, -0.05) is 0 Å². The van der Waals surface area contributed by atoms with Gasteiger partial charge in [0.05, 0.1) is 29.8 Å². The minimum Gasteiger partial charge on any atom is -0.494 e. The Hall–Kier alpha value is -3.33. The van der Waals surface area contributed by atoms with Crippen LogP contribution >= 0.6 is 0 Å². The van der Waals surface area contributed by atoms with Crippen molar-refractivity contribution in [3.8, 4) is 17.6 Å². The number of rotatable bonds is 7. The van der Waals surface area contributed by atoms with Crippen LogP contribution in [0, 0.1) is 21.4 Å². The summed E-state index contributed by atoms with van der Waals surface area (Å²) in [5, 5.41) is 20.2. The summed E-state index contributed by atoms with van der Waals surface area (Å²) < 4.78 is 11.1. The number of nitrogens with zero attached hydrogens (tertiary/aromatic N) is 2.